The number of nitrogens with zero attached hydrogens (tertiary/aromatic N) is 1. The average Bonchev–Trinajstić information content (AvgIpc) is 2.50. The molecule has 1 aromatic heterocycles. The Kier molecular flexibility index (Phi) is 3.62. The first-order chi connectivity index (χ1) is 10.6. The Hall–Kier alpha value is -3.08. The number of nitrogens with two attached hydrogens (primary N) is 1. The number of benzene rings is 2. The number of pyridine rings is 1. The zero-order chi connectivity index (χ0) is 15.5. The summed E-state index contributed by atoms with van der Waals surface area (Å²) in [6, 6.07) is 14.8. The molecule has 3 aromatic rings. The maximum atomic E-state index is 10.7. The van der Waals surface area contributed by atoms with E-state index >= 15 is 0 Å². The molecule has 1 heterocycles. The Bertz CT molecular complexity index is 829. The molecule has 0 fully saturated rings. The van der Waals surface area contributed by atoms with Crippen LogP contribution in [0.2, 0.25) is 0 Å². The van der Waals surface area contributed by atoms with Gasteiger partial charge in [0, 0.05) is 28.3 Å². The predicted molar refractivity (Wildman–Crippen MR) is 87.2 cm³/mol. The van der Waals surface area contributed by atoms with E-state index in [-0.39, 0.29) is 6.42 Å². The molecule has 0 bridgehead atoms. The van der Waals surface area contributed by atoms with Crippen LogP contribution in [0.3, 0.4) is 0 Å². The first-order valence-electron chi connectivity index (χ1n) is 6.84. The van der Waals surface area contributed by atoms with Crippen LogP contribution in [0.4, 0.5) is 17.2 Å². The molecule has 0 atom stereocenters. The fourth-order valence-electron chi connectivity index (χ4n) is 2.35. The molecule has 110 valence electrons. The molecule has 0 unspecified atom stereocenters. The lowest BCUT2D eigenvalue weighted by Crippen LogP contribution is -2.00. The van der Waals surface area contributed by atoms with Gasteiger partial charge in [0.2, 0.25) is 0 Å². The molecular formula is C17H15N3O2. The largest absolute Gasteiger partial charge is 0.481 e. The van der Waals surface area contributed by atoms with Gasteiger partial charge >= 0.3 is 5.97 Å². The average molecular weight is 293 g/mol. The predicted octanol–water partition coefficient (Wildman–Crippen LogP) is 3.19. The van der Waals surface area contributed by atoms with Crippen LogP contribution in [0.5, 0.6) is 0 Å². The molecule has 0 aliphatic rings. The lowest BCUT2D eigenvalue weighted by atomic mass is 10.1. The van der Waals surface area contributed by atoms with Gasteiger partial charge in [0.1, 0.15) is 5.82 Å². The van der Waals surface area contributed by atoms with Crippen molar-refractivity contribution in [1.82, 2.24) is 4.98 Å². The Morgan fingerprint density at radius 3 is 2.59 bits per heavy atom. The van der Waals surface area contributed by atoms with Gasteiger partial charge in [-0.3, -0.25) is 4.79 Å². The SMILES string of the molecule is Nc1cccc2c(Nc3ccc(CC(=O)O)cc3)nccc12. The van der Waals surface area contributed by atoms with Crippen molar-refractivity contribution in [2.24, 2.45) is 0 Å². The van der Waals surface area contributed by atoms with Crippen LogP contribution < -0.4 is 11.1 Å². The summed E-state index contributed by atoms with van der Waals surface area (Å²) < 4.78 is 0. The normalized spacial score (nSPS) is 10.5. The van der Waals surface area contributed by atoms with Crippen LogP contribution in [0.1, 0.15) is 5.56 Å². The highest BCUT2D eigenvalue weighted by molar-refractivity contribution is 5.99. The van der Waals surface area contributed by atoms with E-state index in [4.69, 9.17) is 10.8 Å². The van der Waals surface area contributed by atoms with Crippen LogP contribution in [-0.2, 0) is 11.2 Å². The fourth-order valence-corrected chi connectivity index (χ4v) is 2.35. The smallest absolute Gasteiger partial charge is 0.307 e. The fraction of sp³-hybridized carbons (Fsp3) is 0.0588. The number of nitrogen functional groups attached to an aromatic ring is 1. The second-order valence-corrected chi connectivity index (χ2v) is 4.99. The third-order valence-electron chi connectivity index (χ3n) is 3.41. The Morgan fingerprint density at radius 1 is 1.09 bits per heavy atom. The minimum atomic E-state index is -0.841. The molecule has 0 radical (unpaired) electrons. The molecule has 5 nitrogen and oxygen atoms in total. The summed E-state index contributed by atoms with van der Waals surface area (Å²) in [5, 5.41) is 13.9. The monoisotopic (exact) mass is 293 g/mol. The van der Waals surface area contributed by atoms with Crippen LogP contribution >= 0.6 is 0 Å². The van der Waals surface area contributed by atoms with E-state index < -0.39 is 5.97 Å². The van der Waals surface area contributed by atoms with E-state index in [9.17, 15) is 4.79 Å². The number of anilines is 3. The molecule has 0 saturated heterocycles. The van der Waals surface area contributed by atoms with E-state index in [0.29, 0.717) is 5.69 Å². The number of fused-ring (bicyclic) bond motifs is 1. The van der Waals surface area contributed by atoms with Crippen molar-refractivity contribution in [2.75, 3.05) is 11.1 Å². The second-order valence-electron chi connectivity index (χ2n) is 4.99. The summed E-state index contributed by atoms with van der Waals surface area (Å²) >= 11 is 0. The Balaban J connectivity index is 1.90. The maximum Gasteiger partial charge on any atom is 0.307 e. The molecule has 4 N–H and O–H groups in total. The first kappa shape index (κ1) is 13.9. The van der Waals surface area contributed by atoms with Gasteiger partial charge in [0.05, 0.1) is 6.42 Å². The van der Waals surface area contributed by atoms with Gasteiger partial charge in [-0.05, 0) is 29.8 Å². The number of hydrogen-bond donors (Lipinski definition) is 3. The zero-order valence-corrected chi connectivity index (χ0v) is 11.8. The van der Waals surface area contributed by atoms with Crippen molar-refractivity contribution < 1.29 is 9.90 Å². The summed E-state index contributed by atoms with van der Waals surface area (Å²) in [7, 11) is 0. The molecule has 0 aliphatic carbocycles. The molecule has 0 saturated carbocycles. The van der Waals surface area contributed by atoms with Gasteiger partial charge in [-0.25, -0.2) is 4.98 Å². The third-order valence-corrected chi connectivity index (χ3v) is 3.41. The number of rotatable bonds is 4. The van der Waals surface area contributed by atoms with Gasteiger partial charge in [0.25, 0.3) is 0 Å². The van der Waals surface area contributed by atoms with Gasteiger partial charge in [-0.2, -0.15) is 0 Å². The highest BCUT2D eigenvalue weighted by Gasteiger charge is 2.05. The van der Waals surface area contributed by atoms with Gasteiger partial charge in [0.15, 0.2) is 0 Å². The number of carboxylic acids is 1. The summed E-state index contributed by atoms with van der Waals surface area (Å²) in [4.78, 5) is 15.0. The molecule has 0 spiro atoms. The lowest BCUT2D eigenvalue weighted by molar-refractivity contribution is -0.136. The first-order valence-corrected chi connectivity index (χ1v) is 6.84. The standard InChI is InChI=1S/C17H15N3O2/c18-15-3-1-2-14-13(15)8-9-19-17(14)20-12-6-4-11(5-7-12)10-16(21)22/h1-9H,10,18H2,(H,19,20)(H,21,22). The van der Waals surface area contributed by atoms with Crippen molar-refractivity contribution in [3.05, 3.63) is 60.3 Å². The van der Waals surface area contributed by atoms with Gasteiger partial charge in [-0.1, -0.05) is 24.3 Å². The number of carbonyl (C=O) groups is 1. The minimum absolute atomic E-state index is 0.0172. The van der Waals surface area contributed by atoms with Crippen molar-refractivity contribution in [2.45, 2.75) is 6.42 Å². The Morgan fingerprint density at radius 2 is 1.86 bits per heavy atom. The van der Waals surface area contributed by atoms with Gasteiger partial charge < -0.3 is 16.2 Å². The number of nitrogens with one attached hydrogen (secondary N) is 1. The lowest BCUT2D eigenvalue weighted by Gasteiger charge is -2.10. The molecule has 2 aromatic carbocycles. The van der Waals surface area contributed by atoms with Gasteiger partial charge in [-0.15, -0.1) is 0 Å². The van der Waals surface area contributed by atoms with Crippen LogP contribution in [0.25, 0.3) is 10.8 Å². The topological polar surface area (TPSA) is 88.2 Å². The van der Waals surface area contributed by atoms with E-state index in [2.05, 4.69) is 10.3 Å². The van der Waals surface area contributed by atoms with Crippen LogP contribution in [0, 0.1) is 0 Å². The Labute approximate surface area is 127 Å². The number of aromatic nitrogens is 1. The molecular weight excluding hydrogens is 278 g/mol. The molecule has 22 heavy (non-hydrogen) atoms. The van der Waals surface area contributed by atoms with Crippen molar-refractivity contribution >= 4 is 33.9 Å². The van der Waals surface area contributed by atoms with Crippen LogP contribution in [-0.4, -0.2) is 16.1 Å². The highest BCUT2D eigenvalue weighted by Crippen LogP contribution is 2.27. The summed E-state index contributed by atoms with van der Waals surface area (Å²) in [6.45, 7) is 0. The summed E-state index contributed by atoms with van der Waals surface area (Å²) in [5.74, 6) is -0.123. The zero-order valence-electron chi connectivity index (χ0n) is 11.8. The van der Waals surface area contributed by atoms with E-state index in [0.717, 1.165) is 27.8 Å². The summed E-state index contributed by atoms with van der Waals surface area (Å²) in [6.07, 6.45) is 1.73. The quantitative estimate of drug-likeness (QED) is 0.643. The second kappa shape index (κ2) is 5.73. The maximum absolute atomic E-state index is 10.7. The molecule has 5 heteroatoms. The van der Waals surface area contributed by atoms with Crippen molar-refractivity contribution in [3.63, 3.8) is 0 Å². The van der Waals surface area contributed by atoms with E-state index in [1.165, 1.54) is 0 Å². The molecule has 0 aliphatic heterocycles. The highest BCUT2D eigenvalue weighted by atomic mass is 16.4. The summed E-state index contributed by atoms with van der Waals surface area (Å²) in [5.41, 5.74) is 8.28. The van der Waals surface area contributed by atoms with Crippen molar-refractivity contribution in [3.8, 4) is 0 Å². The molecule has 0 amide bonds. The van der Waals surface area contributed by atoms with E-state index in [1.54, 1.807) is 18.3 Å². The minimum Gasteiger partial charge on any atom is -0.481 e. The van der Waals surface area contributed by atoms with Crippen molar-refractivity contribution in [1.29, 1.82) is 0 Å². The third kappa shape index (κ3) is 2.83. The number of aliphatic carboxylic acids is 1. The van der Waals surface area contributed by atoms with Crippen LogP contribution in [0.15, 0.2) is 54.7 Å². The van der Waals surface area contributed by atoms with E-state index in [1.807, 2.05) is 36.4 Å². The number of hydrogen-bond acceptors (Lipinski definition) is 4. The number of carboxylic acid groups (broad SMARTS) is 1. The molecule has 3 rings (SSSR count).